The average molecular weight is 459 g/mol. The molecule has 178 valence electrons. The lowest BCUT2D eigenvalue weighted by Crippen LogP contribution is -2.27. The maximum absolute atomic E-state index is 13.2. The summed E-state index contributed by atoms with van der Waals surface area (Å²) in [5.74, 6) is 1.12. The van der Waals surface area contributed by atoms with E-state index in [1.807, 2.05) is 30.3 Å². The number of ether oxygens (including phenoxy) is 1. The molecule has 1 aromatic heterocycles. The predicted molar refractivity (Wildman–Crippen MR) is 138 cm³/mol. The van der Waals surface area contributed by atoms with Crippen molar-refractivity contribution in [3.8, 4) is 5.75 Å². The molecule has 1 fully saturated rings. The molecule has 0 radical (unpaired) electrons. The quantitative estimate of drug-likeness (QED) is 0.294. The highest BCUT2D eigenvalue weighted by molar-refractivity contribution is 6.24. The normalized spacial score (nSPS) is 19.1. The van der Waals surface area contributed by atoms with Gasteiger partial charge in [0.05, 0.1) is 12.7 Å². The summed E-state index contributed by atoms with van der Waals surface area (Å²) in [4.78, 5) is 21.5. The molecular formula is C29H34N2O3. The zero-order valence-electron chi connectivity index (χ0n) is 20.4. The van der Waals surface area contributed by atoms with E-state index in [1.54, 1.807) is 7.11 Å². The van der Waals surface area contributed by atoms with Crippen molar-refractivity contribution in [3.63, 3.8) is 0 Å². The summed E-state index contributed by atoms with van der Waals surface area (Å²) in [7, 11) is 1.68. The fraction of sp³-hybridized carbons (Fsp3) is 0.379. The van der Waals surface area contributed by atoms with Crippen LogP contribution in [0.15, 0.2) is 64.9 Å². The number of nitrogens with zero attached hydrogens (tertiary/aromatic N) is 1. The number of rotatable bonds is 8. The van der Waals surface area contributed by atoms with E-state index in [4.69, 9.17) is 9.73 Å². The number of aliphatic imine (C=N–C) groups is 1. The van der Waals surface area contributed by atoms with Crippen LogP contribution in [0, 0.1) is 6.92 Å². The fourth-order valence-electron chi connectivity index (χ4n) is 4.91. The third-order valence-corrected chi connectivity index (χ3v) is 6.76. The van der Waals surface area contributed by atoms with Gasteiger partial charge in [0.25, 0.3) is 0 Å². The number of carbonyl (C=O) groups is 1. The predicted octanol–water partition coefficient (Wildman–Crippen LogP) is 6.62. The first kappa shape index (κ1) is 23.8. The van der Waals surface area contributed by atoms with Gasteiger partial charge in [0.1, 0.15) is 11.5 Å². The van der Waals surface area contributed by atoms with Crippen molar-refractivity contribution in [1.82, 2.24) is 4.98 Å². The van der Waals surface area contributed by atoms with Gasteiger partial charge in [-0.25, -0.2) is 0 Å². The molecule has 5 nitrogen and oxygen atoms in total. The Morgan fingerprint density at radius 1 is 1.18 bits per heavy atom. The van der Waals surface area contributed by atoms with E-state index in [9.17, 15) is 9.90 Å². The number of Topliss-reactive ketones (excluding diaryl/α,β-unsaturated/α-hetero) is 1. The van der Waals surface area contributed by atoms with Gasteiger partial charge in [0, 0.05) is 41.7 Å². The van der Waals surface area contributed by atoms with Gasteiger partial charge in [-0.2, -0.15) is 0 Å². The van der Waals surface area contributed by atoms with Gasteiger partial charge in [-0.15, -0.1) is 0 Å². The second-order valence-electron chi connectivity index (χ2n) is 9.08. The second-order valence-corrected chi connectivity index (χ2v) is 9.08. The third kappa shape index (κ3) is 5.09. The van der Waals surface area contributed by atoms with Gasteiger partial charge in [-0.3, -0.25) is 9.79 Å². The molecule has 0 aliphatic heterocycles. The van der Waals surface area contributed by atoms with Crippen molar-refractivity contribution in [3.05, 3.63) is 76.7 Å². The van der Waals surface area contributed by atoms with E-state index in [0.29, 0.717) is 31.4 Å². The average Bonchev–Trinajstić information content (AvgIpc) is 3.16. The number of aromatic amines is 1. The third-order valence-electron chi connectivity index (χ3n) is 6.76. The summed E-state index contributed by atoms with van der Waals surface area (Å²) in [6, 6.07) is 16.2. The minimum Gasteiger partial charge on any atom is -0.511 e. The number of allylic oxidation sites excluding steroid dienone is 2. The number of fused-ring (bicyclic) bond motifs is 1. The minimum absolute atomic E-state index is 0.000433. The van der Waals surface area contributed by atoms with E-state index in [2.05, 4.69) is 37.0 Å². The first-order valence-corrected chi connectivity index (χ1v) is 12.2. The Bertz CT molecular complexity index is 1220. The number of aryl methyl sites for hydroxylation is 1. The minimum atomic E-state index is 0.000433. The highest BCUT2D eigenvalue weighted by Crippen LogP contribution is 2.34. The lowest BCUT2D eigenvalue weighted by molar-refractivity contribution is -0.116. The highest BCUT2D eigenvalue weighted by atomic mass is 16.5. The molecule has 0 unspecified atom stereocenters. The number of unbranched alkanes of at least 4 members (excludes halogenated alkanes) is 1. The van der Waals surface area contributed by atoms with Crippen LogP contribution < -0.4 is 4.74 Å². The van der Waals surface area contributed by atoms with Gasteiger partial charge in [-0.1, -0.05) is 43.7 Å². The maximum atomic E-state index is 13.2. The maximum Gasteiger partial charge on any atom is 0.168 e. The molecule has 2 aromatic carbocycles. The molecule has 0 saturated heterocycles. The van der Waals surface area contributed by atoms with E-state index in [1.165, 1.54) is 5.56 Å². The number of methoxy groups -OCH3 is 1. The molecule has 1 heterocycles. The van der Waals surface area contributed by atoms with Gasteiger partial charge in [0.2, 0.25) is 0 Å². The number of ketones is 1. The Balaban J connectivity index is 1.62. The zero-order valence-corrected chi connectivity index (χ0v) is 20.4. The van der Waals surface area contributed by atoms with Crippen molar-refractivity contribution in [2.45, 2.75) is 58.3 Å². The van der Waals surface area contributed by atoms with Crippen LogP contribution in [0.5, 0.6) is 5.75 Å². The molecule has 2 N–H and O–H groups in total. The molecule has 34 heavy (non-hydrogen) atoms. The molecular weight excluding hydrogens is 424 g/mol. The summed E-state index contributed by atoms with van der Waals surface area (Å²) < 4.78 is 5.41. The number of benzene rings is 2. The van der Waals surface area contributed by atoms with Gasteiger partial charge < -0.3 is 14.8 Å². The van der Waals surface area contributed by atoms with Gasteiger partial charge in [0.15, 0.2) is 5.78 Å². The molecule has 5 heteroatoms. The molecule has 4 rings (SSSR count). The van der Waals surface area contributed by atoms with E-state index >= 15 is 0 Å². The molecule has 3 aromatic rings. The van der Waals surface area contributed by atoms with E-state index in [-0.39, 0.29) is 17.5 Å². The molecule has 0 amide bonds. The molecule has 1 aliphatic carbocycles. The topological polar surface area (TPSA) is 74.7 Å². The number of aliphatic hydroxyl groups excluding tert-OH is 1. The number of aliphatic hydroxyl groups is 1. The number of hydrogen-bond donors (Lipinski definition) is 2. The fourth-order valence-corrected chi connectivity index (χ4v) is 4.91. The van der Waals surface area contributed by atoms with Crippen LogP contribution in [0.1, 0.15) is 61.8 Å². The van der Waals surface area contributed by atoms with E-state index in [0.717, 1.165) is 52.9 Å². The Morgan fingerprint density at radius 3 is 2.71 bits per heavy atom. The summed E-state index contributed by atoms with van der Waals surface area (Å²) in [6.45, 7) is 4.71. The van der Waals surface area contributed by atoms with Crippen LogP contribution >= 0.6 is 0 Å². The summed E-state index contributed by atoms with van der Waals surface area (Å²) in [6.07, 6.45) is 4.17. The Hall–Kier alpha value is -3.34. The van der Waals surface area contributed by atoms with Crippen LogP contribution in [0.3, 0.4) is 0 Å². The largest absolute Gasteiger partial charge is 0.511 e. The second kappa shape index (κ2) is 10.7. The summed E-state index contributed by atoms with van der Waals surface area (Å²) in [5.41, 5.74) is 5.75. The van der Waals surface area contributed by atoms with Crippen LogP contribution in [-0.4, -0.2) is 35.2 Å². The molecule has 1 aliphatic rings. The molecule has 0 bridgehead atoms. The Morgan fingerprint density at radius 2 is 1.97 bits per heavy atom. The Labute approximate surface area is 201 Å². The number of hydrogen-bond acceptors (Lipinski definition) is 4. The lowest BCUT2D eigenvalue weighted by atomic mass is 9.78. The molecule has 1 atom stereocenters. The lowest BCUT2D eigenvalue weighted by Gasteiger charge is -2.26. The van der Waals surface area contributed by atoms with Crippen molar-refractivity contribution in [2.75, 3.05) is 13.7 Å². The zero-order chi connectivity index (χ0) is 24.1. The SMILES string of the molecule is CCCCC(O)=C1C(=O)C[C@H](c2ccccc2)CC1=NCCc1c(C)[nH]c2ccc(OC)cc12. The van der Waals surface area contributed by atoms with Crippen molar-refractivity contribution >= 4 is 22.4 Å². The smallest absolute Gasteiger partial charge is 0.168 e. The highest BCUT2D eigenvalue weighted by Gasteiger charge is 2.32. The summed E-state index contributed by atoms with van der Waals surface area (Å²) >= 11 is 0. The van der Waals surface area contributed by atoms with Crippen molar-refractivity contribution < 1.29 is 14.6 Å². The van der Waals surface area contributed by atoms with Crippen LogP contribution in [0.25, 0.3) is 10.9 Å². The van der Waals surface area contributed by atoms with Crippen LogP contribution in [0.4, 0.5) is 0 Å². The van der Waals surface area contributed by atoms with Crippen LogP contribution in [0.2, 0.25) is 0 Å². The van der Waals surface area contributed by atoms with Crippen molar-refractivity contribution in [2.24, 2.45) is 4.99 Å². The number of aromatic nitrogens is 1. The van der Waals surface area contributed by atoms with Gasteiger partial charge >= 0.3 is 0 Å². The monoisotopic (exact) mass is 458 g/mol. The van der Waals surface area contributed by atoms with Crippen LogP contribution in [-0.2, 0) is 11.2 Å². The van der Waals surface area contributed by atoms with Crippen molar-refractivity contribution in [1.29, 1.82) is 0 Å². The Kier molecular flexibility index (Phi) is 7.51. The van der Waals surface area contributed by atoms with Gasteiger partial charge in [-0.05, 0) is 61.4 Å². The van der Waals surface area contributed by atoms with E-state index < -0.39 is 0 Å². The molecule has 1 saturated carbocycles. The first-order chi connectivity index (χ1) is 16.5. The standard InChI is InChI=1S/C29H34N2O3/c1-4-5-11-27(32)29-26(16-21(17-28(29)33)20-9-7-6-8-10-20)30-15-14-23-19(2)31-25-13-12-22(34-3)18-24(23)25/h6-10,12-13,18,21,31-32H,4-5,11,14-17H2,1-3H3/t21-/m1/s1. The first-order valence-electron chi connectivity index (χ1n) is 12.2. The number of carbonyl (C=O) groups excluding carboxylic acids is 1. The molecule has 0 spiro atoms. The number of nitrogens with one attached hydrogen (secondary N) is 1. The summed E-state index contributed by atoms with van der Waals surface area (Å²) in [5, 5.41) is 11.9. The number of H-pyrrole nitrogens is 1.